The molecule has 1 aromatic heterocycles. The summed E-state index contributed by atoms with van der Waals surface area (Å²) in [5.74, 6) is 1.76. The maximum atomic E-state index is 11.5. The average molecular weight is 585 g/mol. The van der Waals surface area contributed by atoms with Gasteiger partial charge in [0.15, 0.2) is 11.5 Å². The molecule has 212 valence electrons. The zero-order valence-corrected chi connectivity index (χ0v) is 25.3. The number of unbranched alkanes of at least 4 members (excludes halogenated alkanes) is 2. The van der Waals surface area contributed by atoms with Gasteiger partial charge in [-0.05, 0) is 100 Å². The van der Waals surface area contributed by atoms with E-state index in [4.69, 9.17) is 9.47 Å². The minimum atomic E-state index is 0. The van der Waals surface area contributed by atoms with E-state index in [0.717, 1.165) is 54.1 Å². The number of benzene rings is 2. The number of methoxy groups -OCH3 is 2. The predicted molar refractivity (Wildman–Crippen MR) is 165 cm³/mol. The zero-order valence-electron chi connectivity index (χ0n) is 22.8. The number of rotatable bonds is 14. The van der Waals surface area contributed by atoms with Crippen molar-refractivity contribution in [2.45, 2.75) is 64.3 Å². The summed E-state index contributed by atoms with van der Waals surface area (Å²) in [6.45, 7) is 6.68. The highest BCUT2D eigenvalue weighted by atomic mass is 35.5. The first-order valence-electron chi connectivity index (χ1n) is 13.4. The third-order valence-corrected chi connectivity index (χ3v) is 8.18. The summed E-state index contributed by atoms with van der Waals surface area (Å²) in [5.41, 5.74) is 4.97. The summed E-state index contributed by atoms with van der Waals surface area (Å²) in [6.07, 6.45) is 9.24. The van der Waals surface area contributed by atoms with Crippen molar-refractivity contribution in [3.05, 3.63) is 56.7 Å². The maximum absolute atomic E-state index is 11.5. The first-order chi connectivity index (χ1) is 17.6. The molecule has 2 N–H and O–H groups in total. The van der Waals surface area contributed by atoms with E-state index in [1.54, 1.807) is 14.2 Å². The van der Waals surface area contributed by atoms with Gasteiger partial charge >= 0.3 is 4.87 Å². The molecule has 0 amide bonds. The van der Waals surface area contributed by atoms with Crippen LogP contribution in [0.25, 0.3) is 10.2 Å². The lowest BCUT2D eigenvalue weighted by Gasteiger charge is -2.36. The van der Waals surface area contributed by atoms with Gasteiger partial charge < -0.3 is 24.7 Å². The van der Waals surface area contributed by atoms with Crippen LogP contribution in [-0.4, -0.2) is 56.3 Å². The van der Waals surface area contributed by atoms with E-state index in [-0.39, 0.29) is 29.7 Å². The van der Waals surface area contributed by atoms with Crippen LogP contribution >= 0.6 is 36.2 Å². The van der Waals surface area contributed by atoms with Gasteiger partial charge in [0.05, 0.1) is 24.4 Å². The quantitative estimate of drug-likeness (QED) is 0.227. The minimum absolute atomic E-state index is 0. The Hall–Kier alpha value is -1.77. The number of nitrogens with zero attached hydrogens (tertiary/aromatic N) is 1. The second-order valence-electron chi connectivity index (χ2n) is 9.78. The van der Waals surface area contributed by atoms with Gasteiger partial charge in [-0.25, -0.2) is 0 Å². The van der Waals surface area contributed by atoms with Crippen LogP contribution in [0.1, 0.15) is 55.7 Å². The number of fused-ring (bicyclic) bond motifs is 2. The molecule has 38 heavy (non-hydrogen) atoms. The van der Waals surface area contributed by atoms with Gasteiger partial charge in [-0.15, -0.1) is 24.8 Å². The number of nitrogens with one attached hydrogen (secondary N) is 2. The van der Waals surface area contributed by atoms with E-state index < -0.39 is 0 Å². The number of ether oxygens (including phenoxy) is 2. The van der Waals surface area contributed by atoms with Gasteiger partial charge in [0, 0.05) is 11.6 Å². The summed E-state index contributed by atoms with van der Waals surface area (Å²) in [4.78, 5) is 17.1. The second kappa shape index (κ2) is 16.4. The van der Waals surface area contributed by atoms with Crippen molar-refractivity contribution in [2.75, 3.05) is 40.4 Å². The van der Waals surface area contributed by atoms with Crippen LogP contribution in [0, 0.1) is 0 Å². The summed E-state index contributed by atoms with van der Waals surface area (Å²) in [7, 11) is 3.46. The van der Waals surface area contributed by atoms with Gasteiger partial charge in [0.2, 0.25) is 0 Å². The molecule has 1 aliphatic carbocycles. The number of thiazole rings is 1. The largest absolute Gasteiger partial charge is 0.493 e. The Kier molecular flexibility index (Phi) is 14.0. The lowest BCUT2D eigenvalue weighted by Crippen LogP contribution is -2.40. The van der Waals surface area contributed by atoms with Crippen molar-refractivity contribution in [1.82, 2.24) is 15.2 Å². The van der Waals surface area contributed by atoms with Crippen molar-refractivity contribution < 1.29 is 9.47 Å². The van der Waals surface area contributed by atoms with E-state index in [1.165, 1.54) is 73.2 Å². The fourth-order valence-corrected chi connectivity index (χ4v) is 6.28. The fraction of sp³-hybridized carbons (Fsp3) is 0.552. The molecule has 1 atom stereocenters. The van der Waals surface area contributed by atoms with Crippen molar-refractivity contribution in [2.24, 2.45) is 0 Å². The third-order valence-electron chi connectivity index (χ3n) is 7.33. The smallest absolute Gasteiger partial charge is 0.305 e. The van der Waals surface area contributed by atoms with E-state index in [1.807, 2.05) is 6.07 Å². The molecular formula is C29H43Cl2N3O3S. The third kappa shape index (κ3) is 8.36. The van der Waals surface area contributed by atoms with Crippen LogP contribution in [0.4, 0.5) is 0 Å². The Labute approximate surface area is 243 Å². The summed E-state index contributed by atoms with van der Waals surface area (Å²) in [5, 5.41) is 3.59. The van der Waals surface area contributed by atoms with Gasteiger partial charge in [0.25, 0.3) is 0 Å². The number of aromatic nitrogens is 1. The molecule has 9 heteroatoms. The summed E-state index contributed by atoms with van der Waals surface area (Å²) in [6, 6.07) is 11.2. The molecule has 0 saturated heterocycles. The van der Waals surface area contributed by atoms with Crippen LogP contribution in [0.3, 0.4) is 0 Å². The van der Waals surface area contributed by atoms with E-state index >= 15 is 0 Å². The van der Waals surface area contributed by atoms with Crippen molar-refractivity contribution in [3.8, 4) is 11.5 Å². The Morgan fingerprint density at radius 1 is 1.05 bits per heavy atom. The normalized spacial score (nSPS) is 14.6. The lowest BCUT2D eigenvalue weighted by atomic mass is 9.86. The number of halogens is 2. The Balaban J connectivity index is 0.00000253. The van der Waals surface area contributed by atoms with Crippen molar-refractivity contribution >= 4 is 46.4 Å². The monoisotopic (exact) mass is 583 g/mol. The lowest BCUT2D eigenvalue weighted by molar-refractivity contribution is 0.175. The van der Waals surface area contributed by atoms with Crippen LogP contribution in [0.15, 0.2) is 35.1 Å². The zero-order chi connectivity index (χ0) is 25.3. The molecule has 3 aromatic rings. The van der Waals surface area contributed by atoms with Crippen molar-refractivity contribution in [3.63, 3.8) is 0 Å². The van der Waals surface area contributed by atoms with Gasteiger partial charge in [-0.1, -0.05) is 36.8 Å². The number of hydrogen-bond acceptors (Lipinski definition) is 6. The minimum Gasteiger partial charge on any atom is -0.493 e. The molecule has 0 unspecified atom stereocenters. The first-order valence-corrected chi connectivity index (χ1v) is 14.2. The van der Waals surface area contributed by atoms with E-state index in [2.05, 4.69) is 46.4 Å². The second-order valence-corrected chi connectivity index (χ2v) is 10.8. The highest BCUT2D eigenvalue weighted by Gasteiger charge is 2.27. The SMILES string of the molecule is CCCN(CCCCCNCCc1ccc2[nH]c(=O)sc2c1)[C@H]1CCc2c(ccc(OC)c2OC)C1.Cl.Cl. The fourth-order valence-electron chi connectivity index (χ4n) is 5.48. The average Bonchev–Trinajstić information content (AvgIpc) is 3.27. The number of hydrogen-bond donors (Lipinski definition) is 2. The molecule has 1 aliphatic rings. The Morgan fingerprint density at radius 2 is 1.89 bits per heavy atom. The molecule has 1 heterocycles. The molecule has 0 spiro atoms. The molecule has 0 fully saturated rings. The van der Waals surface area contributed by atoms with Crippen molar-refractivity contribution in [1.29, 1.82) is 0 Å². The Morgan fingerprint density at radius 3 is 2.66 bits per heavy atom. The van der Waals surface area contributed by atoms with Crippen LogP contribution in [0.2, 0.25) is 0 Å². The van der Waals surface area contributed by atoms with Gasteiger partial charge in [0.1, 0.15) is 0 Å². The van der Waals surface area contributed by atoms with Crippen LogP contribution < -0.4 is 19.7 Å². The number of H-pyrrole nitrogens is 1. The number of aromatic amines is 1. The van der Waals surface area contributed by atoms with Gasteiger partial charge in [-0.2, -0.15) is 0 Å². The topological polar surface area (TPSA) is 66.6 Å². The summed E-state index contributed by atoms with van der Waals surface area (Å²) < 4.78 is 12.2. The molecule has 0 radical (unpaired) electrons. The molecule has 0 saturated carbocycles. The highest BCUT2D eigenvalue weighted by Crippen LogP contribution is 2.38. The molecule has 4 rings (SSSR count). The van der Waals surface area contributed by atoms with Crippen LogP contribution in [-0.2, 0) is 19.3 Å². The maximum Gasteiger partial charge on any atom is 0.305 e. The van der Waals surface area contributed by atoms with E-state index in [9.17, 15) is 4.79 Å². The standard InChI is InChI=1S/C29H41N3O3S.2ClH/c1-4-17-32(23-10-11-24-22(20-23)9-13-26(34-2)28(24)35-3)18-7-5-6-15-30-16-14-21-8-12-25-27(19-21)36-29(33)31-25;;/h8-9,12-13,19,23,30H,4-7,10-11,14-18,20H2,1-3H3,(H,31,33);2*1H/t23-;;/m0../s1. The molecular weight excluding hydrogens is 541 g/mol. The molecule has 0 aliphatic heterocycles. The first kappa shape index (κ1) is 32.4. The van der Waals surface area contributed by atoms with Gasteiger partial charge in [-0.3, -0.25) is 4.79 Å². The highest BCUT2D eigenvalue weighted by molar-refractivity contribution is 7.16. The molecule has 2 aromatic carbocycles. The summed E-state index contributed by atoms with van der Waals surface area (Å²) >= 11 is 1.29. The molecule has 6 nitrogen and oxygen atoms in total. The predicted octanol–water partition coefficient (Wildman–Crippen LogP) is 6.02. The van der Waals surface area contributed by atoms with Crippen LogP contribution in [0.5, 0.6) is 11.5 Å². The Bertz CT molecular complexity index is 1180. The molecule has 0 bridgehead atoms. The van der Waals surface area contributed by atoms with E-state index in [0.29, 0.717) is 6.04 Å².